The van der Waals surface area contributed by atoms with Crippen molar-refractivity contribution < 1.29 is 9.05 Å². The van der Waals surface area contributed by atoms with Crippen molar-refractivity contribution in [2.45, 2.75) is 13.8 Å². The van der Waals surface area contributed by atoms with E-state index in [1.165, 1.54) is 0 Å². The van der Waals surface area contributed by atoms with E-state index in [1.807, 2.05) is 13.8 Å². The number of hydrogen-bond acceptors (Lipinski definition) is 4. The standard InChI is InChI=1S/C4H11O2PS2.Sn.3H/c1-3-5-7(8,9)6-4-2;;;;/h3-4H2,1-2H3,(H,8,9);;;;/q;+1;;;/p-1. The van der Waals surface area contributed by atoms with E-state index >= 15 is 0 Å². The summed E-state index contributed by atoms with van der Waals surface area (Å²) < 4.78 is 10.7. The molecule has 0 aromatic rings. The minimum atomic E-state index is -1.86. The van der Waals surface area contributed by atoms with Crippen molar-refractivity contribution in [1.82, 2.24) is 0 Å². The van der Waals surface area contributed by atoms with Gasteiger partial charge in [-0.3, -0.25) is 0 Å². The fraction of sp³-hybridized carbons (Fsp3) is 1.00. The molecule has 0 heterocycles. The minimum absolute atomic E-state index is 0.508. The van der Waals surface area contributed by atoms with E-state index in [1.54, 1.807) is 8.57 Å². The van der Waals surface area contributed by atoms with Crippen LogP contribution >= 0.6 is 14.3 Å². The van der Waals surface area contributed by atoms with Crippen LogP contribution in [0.2, 0.25) is 0 Å². The van der Waals surface area contributed by atoms with Crippen molar-refractivity contribution in [2.24, 2.45) is 0 Å². The van der Waals surface area contributed by atoms with Crippen molar-refractivity contribution in [2.75, 3.05) is 13.2 Å². The Kier molecular flexibility index (Phi) is 7.33. The van der Waals surface area contributed by atoms with Crippen LogP contribution in [0.4, 0.5) is 0 Å². The summed E-state index contributed by atoms with van der Waals surface area (Å²) in [5, 5.41) is 0. The maximum atomic E-state index is 5.34. The summed E-state index contributed by atoms with van der Waals surface area (Å²) in [4.78, 5) is 0. The van der Waals surface area contributed by atoms with Crippen molar-refractivity contribution in [3.05, 3.63) is 0 Å². The van der Waals surface area contributed by atoms with E-state index in [-0.39, 0.29) is 0 Å². The molecule has 0 amide bonds. The Labute approximate surface area is 82.9 Å². The SMILES string of the molecule is CCOP(=S)(OCC)[S][SnH3]. The fourth-order valence-corrected chi connectivity index (χ4v) is 8.69. The van der Waals surface area contributed by atoms with E-state index < -0.39 is 5.69 Å². The van der Waals surface area contributed by atoms with E-state index in [0.717, 1.165) is 0 Å². The normalized spacial score (nSPS) is 12.2. The van der Waals surface area contributed by atoms with Gasteiger partial charge in [0.25, 0.3) is 0 Å². The quantitative estimate of drug-likeness (QED) is 0.563. The van der Waals surface area contributed by atoms with Crippen LogP contribution in [0, 0.1) is 0 Å². The summed E-state index contributed by atoms with van der Waals surface area (Å²) in [6.07, 6.45) is 0. The van der Waals surface area contributed by atoms with Gasteiger partial charge in [0.15, 0.2) is 0 Å². The monoisotopic (exact) mass is 308 g/mol. The first-order chi connectivity index (χ1) is 4.68. The zero-order valence-corrected chi connectivity index (χ0v) is 14.7. The summed E-state index contributed by atoms with van der Waals surface area (Å²) in [5.41, 5.74) is -1.86. The second-order valence-electron chi connectivity index (χ2n) is 1.47. The van der Waals surface area contributed by atoms with Gasteiger partial charge in [-0.1, -0.05) is 0 Å². The molecule has 0 saturated heterocycles. The molecule has 0 atom stereocenters. The first kappa shape index (κ1) is 11.7. The third kappa shape index (κ3) is 4.57. The molecule has 62 valence electrons. The Morgan fingerprint density at radius 2 is 1.80 bits per heavy atom. The van der Waals surface area contributed by atoms with Crippen LogP contribution in [-0.2, 0) is 20.9 Å². The first-order valence-corrected chi connectivity index (χ1v) is 14.6. The van der Waals surface area contributed by atoms with Crippen molar-refractivity contribution >= 4 is 47.2 Å². The molecule has 0 radical (unpaired) electrons. The predicted molar refractivity (Wildman–Crippen MR) is 55.1 cm³/mol. The van der Waals surface area contributed by atoms with Gasteiger partial charge in [0, 0.05) is 0 Å². The molecule has 0 bridgehead atoms. The Bertz CT molecular complexity index is 122. The van der Waals surface area contributed by atoms with E-state index in [4.69, 9.17) is 20.9 Å². The molecular formula is C4H13O2PS2Sn. The van der Waals surface area contributed by atoms with Gasteiger partial charge in [-0.15, -0.1) is 0 Å². The van der Waals surface area contributed by atoms with Crippen LogP contribution in [0.1, 0.15) is 13.8 Å². The molecule has 6 heteroatoms. The first-order valence-electron chi connectivity index (χ1n) is 3.13. The zero-order valence-electron chi connectivity index (χ0n) is 6.49. The Morgan fingerprint density at radius 3 is 2.00 bits per heavy atom. The van der Waals surface area contributed by atoms with E-state index in [2.05, 4.69) is 0 Å². The zero-order chi connectivity index (χ0) is 8.04. The Morgan fingerprint density at radius 1 is 1.40 bits per heavy atom. The average molecular weight is 307 g/mol. The third-order valence-corrected chi connectivity index (χ3v) is 25.5. The summed E-state index contributed by atoms with van der Waals surface area (Å²) in [6, 6.07) is 0. The molecule has 2 nitrogen and oxygen atoms in total. The van der Waals surface area contributed by atoms with Gasteiger partial charge in [-0.05, 0) is 0 Å². The third-order valence-electron chi connectivity index (χ3n) is 0.798. The van der Waals surface area contributed by atoms with Gasteiger partial charge >= 0.3 is 83.3 Å². The molecular weight excluding hydrogens is 294 g/mol. The molecule has 0 N–H and O–H groups in total. The van der Waals surface area contributed by atoms with Crippen LogP contribution in [-0.4, -0.2) is 34.4 Å². The van der Waals surface area contributed by atoms with Crippen LogP contribution in [0.3, 0.4) is 0 Å². The van der Waals surface area contributed by atoms with Crippen LogP contribution in [0.15, 0.2) is 0 Å². The number of hydrogen-bond donors (Lipinski definition) is 0. The van der Waals surface area contributed by atoms with E-state index in [0.29, 0.717) is 34.4 Å². The van der Waals surface area contributed by atoms with Gasteiger partial charge < -0.3 is 0 Å². The molecule has 0 saturated carbocycles. The van der Waals surface area contributed by atoms with Gasteiger partial charge in [-0.25, -0.2) is 0 Å². The molecule has 0 aliphatic rings. The molecule has 0 rings (SSSR count). The molecule has 0 spiro atoms. The Hall–Kier alpha value is 1.72. The molecule has 0 unspecified atom stereocenters. The van der Waals surface area contributed by atoms with Crippen molar-refractivity contribution in [3.8, 4) is 0 Å². The average Bonchev–Trinajstić information content (AvgIpc) is 1.89. The second kappa shape index (κ2) is 6.26. The summed E-state index contributed by atoms with van der Waals surface area (Å²) in [7, 11) is 1.71. The van der Waals surface area contributed by atoms with Crippen LogP contribution in [0.5, 0.6) is 0 Å². The van der Waals surface area contributed by atoms with Crippen molar-refractivity contribution in [1.29, 1.82) is 0 Å². The molecule has 0 aromatic heterocycles. The van der Waals surface area contributed by atoms with Crippen LogP contribution in [0.25, 0.3) is 0 Å². The molecule has 10 heavy (non-hydrogen) atoms. The van der Waals surface area contributed by atoms with Gasteiger partial charge in [0.1, 0.15) is 0 Å². The second-order valence-corrected chi connectivity index (χ2v) is 17.3. The molecule has 0 aromatic carbocycles. The fourth-order valence-electron chi connectivity index (χ4n) is 0.459. The van der Waals surface area contributed by atoms with Crippen LogP contribution < -0.4 is 0 Å². The maximum absolute atomic E-state index is 5.34. The molecule has 0 aliphatic heterocycles. The van der Waals surface area contributed by atoms with Gasteiger partial charge in [0.05, 0.1) is 0 Å². The van der Waals surface area contributed by atoms with Crippen molar-refractivity contribution in [3.63, 3.8) is 0 Å². The Balaban J connectivity index is 3.83. The topological polar surface area (TPSA) is 18.5 Å². The molecule has 0 fully saturated rings. The van der Waals surface area contributed by atoms with Gasteiger partial charge in [-0.2, -0.15) is 0 Å². The van der Waals surface area contributed by atoms with Gasteiger partial charge in [0.2, 0.25) is 0 Å². The van der Waals surface area contributed by atoms with E-state index in [9.17, 15) is 0 Å². The molecule has 0 aliphatic carbocycles. The summed E-state index contributed by atoms with van der Waals surface area (Å²) in [5.74, 6) is 0. The summed E-state index contributed by atoms with van der Waals surface area (Å²) in [6.45, 7) is 5.24. The number of rotatable bonds is 5. The predicted octanol–water partition coefficient (Wildman–Crippen LogP) is 1.30. The summed E-state index contributed by atoms with van der Waals surface area (Å²) >= 11 is 5.69.